The predicted octanol–water partition coefficient (Wildman–Crippen LogP) is 5.34. The smallest absolute Gasteiger partial charge is 0.203 e. The van der Waals surface area contributed by atoms with Crippen molar-refractivity contribution in [1.82, 2.24) is 0 Å². The molecule has 1 aromatic rings. The zero-order valence-corrected chi connectivity index (χ0v) is 18.1. The lowest BCUT2D eigenvalue weighted by Crippen LogP contribution is -2.62. The summed E-state index contributed by atoms with van der Waals surface area (Å²) >= 11 is 0. The first-order valence-corrected chi connectivity index (χ1v) is 12.0. The van der Waals surface area contributed by atoms with E-state index in [2.05, 4.69) is 51.9 Å². The van der Waals surface area contributed by atoms with Gasteiger partial charge >= 0.3 is 0 Å². The van der Waals surface area contributed by atoms with Crippen molar-refractivity contribution in [3.05, 3.63) is 29.3 Å². The molecule has 0 saturated carbocycles. The summed E-state index contributed by atoms with van der Waals surface area (Å²) in [5, 5.41) is 3.42. The van der Waals surface area contributed by atoms with Crippen LogP contribution in [0.1, 0.15) is 63.9 Å². The van der Waals surface area contributed by atoms with E-state index in [-0.39, 0.29) is 5.78 Å². The molecule has 3 rings (SSSR count). The van der Waals surface area contributed by atoms with E-state index in [9.17, 15) is 4.79 Å². The summed E-state index contributed by atoms with van der Waals surface area (Å²) in [7, 11) is -2.23. The van der Waals surface area contributed by atoms with E-state index in [4.69, 9.17) is 4.43 Å². The molecule has 2 heterocycles. The molecular weight excluding hydrogens is 340 g/mol. The number of hydrogen-bond donors (Lipinski definition) is 1. The number of anilines is 1. The first-order chi connectivity index (χ1) is 12.1. The minimum atomic E-state index is -2.23. The van der Waals surface area contributed by atoms with Crippen LogP contribution in [0.5, 0.6) is 0 Å². The Morgan fingerprint density at radius 1 is 1.12 bits per heavy atom. The molecule has 0 aromatic heterocycles. The summed E-state index contributed by atoms with van der Waals surface area (Å²) in [6, 6.07) is 5.98. The lowest BCUT2D eigenvalue weighted by atomic mass is 9.85. The number of aryl methyl sites for hydroxylation is 1. The Labute approximate surface area is 158 Å². The van der Waals surface area contributed by atoms with Crippen LogP contribution in [0.15, 0.2) is 23.2 Å². The second-order valence-corrected chi connectivity index (χ2v) is 14.1. The number of nitrogens with zero attached hydrogens (tertiary/aromatic N) is 1. The van der Waals surface area contributed by atoms with E-state index in [1.807, 2.05) is 25.1 Å². The maximum atomic E-state index is 13.7. The number of nitrogens with one attached hydrogen (secondary N) is 1. The second kappa shape index (κ2) is 6.61. The average Bonchev–Trinajstić information content (AvgIpc) is 2.96. The largest absolute Gasteiger partial charge is 0.397 e. The van der Waals surface area contributed by atoms with Gasteiger partial charge < -0.3 is 9.74 Å². The lowest BCUT2D eigenvalue weighted by molar-refractivity contribution is 0.0617. The number of ketones is 1. The summed E-state index contributed by atoms with van der Waals surface area (Å²) in [5.74, 6) is 0.808. The Kier molecular flexibility index (Phi) is 4.91. The van der Waals surface area contributed by atoms with Crippen LogP contribution in [0.2, 0.25) is 16.6 Å². The van der Waals surface area contributed by atoms with E-state index in [1.54, 1.807) is 0 Å². The molecule has 1 aromatic carbocycles. The number of carbonyl (C=O) groups excluding carboxylic acids is 1. The Balaban J connectivity index is 2.13. The van der Waals surface area contributed by atoms with Crippen LogP contribution >= 0.6 is 0 Å². The zero-order valence-electron chi connectivity index (χ0n) is 17.1. The number of amidine groups is 1. The summed E-state index contributed by atoms with van der Waals surface area (Å²) in [5.41, 5.74) is 3.02. The molecular formula is C21H32N2O2Si. The SMILES string of the molecule is Cc1ccc2c(c1)C(=O)[C@]1(O[Si](C(C)C)(C(C)C)C(C)C)CCN=C1N2. The van der Waals surface area contributed by atoms with Crippen molar-refractivity contribution in [3.63, 3.8) is 0 Å². The monoisotopic (exact) mass is 372 g/mol. The van der Waals surface area contributed by atoms with Gasteiger partial charge in [0.25, 0.3) is 0 Å². The fourth-order valence-electron chi connectivity index (χ4n) is 5.03. The van der Waals surface area contributed by atoms with Crippen LogP contribution in [0.4, 0.5) is 5.69 Å². The van der Waals surface area contributed by atoms with E-state index in [0.29, 0.717) is 29.6 Å². The highest BCUT2D eigenvalue weighted by Gasteiger charge is 2.58. The molecule has 5 heteroatoms. The number of rotatable bonds is 5. The molecule has 0 saturated heterocycles. The maximum absolute atomic E-state index is 13.7. The molecule has 1 N–H and O–H groups in total. The second-order valence-electron chi connectivity index (χ2n) is 8.73. The quantitative estimate of drug-likeness (QED) is 0.710. The molecule has 1 atom stereocenters. The molecule has 0 radical (unpaired) electrons. The van der Waals surface area contributed by atoms with Crippen molar-refractivity contribution in [2.75, 3.05) is 11.9 Å². The van der Waals surface area contributed by atoms with Crippen LogP contribution in [0.3, 0.4) is 0 Å². The molecule has 0 unspecified atom stereocenters. The van der Waals surface area contributed by atoms with Crippen LogP contribution in [-0.2, 0) is 4.43 Å². The van der Waals surface area contributed by atoms with Gasteiger partial charge in [-0.3, -0.25) is 9.79 Å². The molecule has 2 aliphatic heterocycles. The Bertz CT molecular complexity index is 733. The minimum absolute atomic E-state index is 0.0880. The summed E-state index contributed by atoms with van der Waals surface area (Å²) in [6.07, 6.45) is 0.641. The predicted molar refractivity (Wildman–Crippen MR) is 111 cm³/mol. The van der Waals surface area contributed by atoms with Gasteiger partial charge in [-0.15, -0.1) is 0 Å². The number of carbonyl (C=O) groups is 1. The maximum Gasteiger partial charge on any atom is 0.203 e. The van der Waals surface area contributed by atoms with Gasteiger partial charge in [-0.05, 0) is 35.7 Å². The Hall–Kier alpha value is -1.46. The molecule has 2 aliphatic rings. The molecule has 0 spiro atoms. The van der Waals surface area contributed by atoms with Gasteiger partial charge in [0.15, 0.2) is 5.60 Å². The summed E-state index contributed by atoms with van der Waals surface area (Å²) in [6.45, 7) is 16.2. The molecule has 26 heavy (non-hydrogen) atoms. The third-order valence-corrected chi connectivity index (χ3v) is 12.3. The fraction of sp³-hybridized carbons (Fsp3) is 0.619. The van der Waals surface area contributed by atoms with Crippen LogP contribution in [-0.4, -0.2) is 32.1 Å². The van der Waals surface area contributed by atoms with E-state index < -0.39 is 13.9 Å². The standard InChI is InChI=1S/C21H32N2O2Si/c1-13(2)26(14(3)4,15(5)6)25-21-10-11-22-20(21)23-18-9-8-16(7)12-17(18)19(21)24/h8-9,12-15H,10-11H2,1-7H3,(H,22,23)/t21-/m1/s1. The molecule has 0 aliphatic carbocycles. The van der Waals surface area contributed by atoms with E-state index in [0.717, 1.165) is 22.6 Å². The van der Waals surface area contributed by atoms with E-state index in [1.165, 1.54) is 0 Å². The molecule has 0 bridgehead atoms. The zero-order chi connectivity index (χ0) is 19.3. The average molecular weight is 373 g/mol. The normalized spacial score (nSPS) is 22.5. The number of fused-ring (bicyclic) bond motifs is 2. The van der Waals surface area contributed by atoms with Crippen molar-refractivity contribution in [1.29, 1.82) is 0 Å². The first kappa shape index (κ1) is 19.3. The number of hydrogen-bond acceptors (Lipinski definition) is 4. The first-order valence-electron chi connectivity index (χ1n) is 9.82. The van der Waals surface area contributed by atoms with Gasteiger partial charge in [-0.2, -0.15) is 0 Å². The van der Waals surface area contributed by atoms with Crippen LogP contribution < -0.4 is 5.32 Å². The van der Waals surface area contributed by atoms with Gasteiger partial charge in [0, 0.05) is 18.5 Å². The van der Waals surface area contributed by atoms with Crippen LogP contribution in [0.25, 0.3) is 0 Å². The molecule has 4 nitrogen and oxygen atoms in total. The number of benzene rings is 1. The van der Waals surface area contributed by atoms with Crippen molar-refractivity contribution in [2.24, 2.45) is 4.99 Å². The van der Waals surface area contributed by atoms with Crippen molar-refractivity contribution in [2.45, 2.75) is 77.1 Å². The lowest BCUT2D eigenvalue weighted by Gasteiger charge is -2.49. The van der Waals surface area contributed by atoms with Gasteiger partial charge in [-0.1, -0.05) is 53.2 Å². The van der Waals surface area contributed by atoms with Gasteiger partial charge in [0.2, 0.25) is 14.1 Å². The van der Waals surface area contributed by atoms with Crippen molar-refractivity contribution < 1.29 is 9.22 Å². The van der Waals surface area contributed by atoms with E-state index >= 15 is 0 Å². The third kappa shape index (κ3) is 2.67. The number of Topliss-reactive ketones (excluding diaryl/α,β-unsaturated/α-hetero) is 1. The summed E-state index contributed by atoms with van der Waals surface area (Å²) in [4.78, 5) is 18.3. The Morgan fingerprint density at radius 2 is 1.73 bits per heavy atom. The molecule has 0 fully saturated rings. The highest BCUT2D eigenvalue weighted by molar-refractivity contribution is 6.78. The van der Waals surface area contributed by atoms with Crippen molar-refractivity contribution in [3.8, 4) is 0 Å². The highest BCUT2D eigenvalue weighted by atomic mass is 28.4. The van der Waals surface area contributed by atoms with Gasteiger partial charge in [0.05, 0.1) is 5.69 Å². The molecule has 142 valence electrons. The third-order valence-electron chi connectivity index (χ3n) is 6.21. The number of aliphatic imine (C=N–C) groups is 1. The Morgan fingerprint density at radius 3 is 2.31 bits per heavy atom. The molecule has 0 amide bonds. The van der Waals surface area contributed by atoms with Crippen molar-refractivity contribution >= 4 is 25.6 Å². The van der Waals surface area contributed by atoms with Gasteiger partial charge in [0.1, 0.15) is 5.84 Å². The van der Waals surface area contributed by atoms with Crippen LogP contribution in [0, 0.1) is 6.92 Å². The topological polar surface area (TPSA) is 50.7 Å². The van der Waals surface area contributed by atoms with Gasteiger partial charge in [-0.25, -0.2) is 0 Å². The highest BCUT2D eigenvalue weighted by Crippen LogP contribution is 2.48. The minimum Gasteiger partial charge on any atom is -0.397 e. The fourth-order valence-corrected chi connectivity index (χ4v) is 10.6. The summed E-state index contributed by atoms with van der Waals surface area (Å²) < 4.78 is 7.08.